The maximum atomic E-state index is 12.7. The fraction of sp³-hybridized carbons (Fsp3) is 0.417. The fourth-order valence-corrected chi connectivity index (χ4v) is 1.89. The summed E-state index contributed by atoms with van der Waals surface area (Å²) in [6, 6.07) is 0. The van der Waals surface area contributed by atoms with Crippen LogP contribution < -0.4 is 0 Å². The molecule has 0 fully saturated rings. The van der Waals surface area contributed by atoms with Crippen molar-refractivity contribution in [1.29, 1.82) is 0 Å². The number of aryl methyl sites for hydroxylation is 1. The van der Waals surface area contributed by atoms with E-state index in [-0.39, 0.29) is 0 Å². The van der Waals surface area contributed by atoms with Crippen molar-refractivity contribution >= 4 is 0 Å². The van der Waals surface area contributed by atoms with E-state index in [2.05, 4.69) is 4.98 Å². The Kier molecular flexibility index (Phi) is 3.00. The number of halogens is 2. The van der Waals surface area contributed by atoms with Gasteiger partial charge in [0.05, 0.1) is 6.54 Å². The second-order valence-electron chi connectivity index (χ2n) is 4.18. The molecule has 0 bridgehead atoms. The molecule has 3 nitrogen and oxygen atoms in total. The summed E-state index contributed by atoms with van der Waals surface area (Å²) in [5.41, 5.74) is 3.45. The van der Waals surface area contributed by atoms with Crippen molar-refractivity contribution in [1.82, 2.24) is 14.1 Å². The molecule has 0 saturated heterocycles. The average Bonchev–Trinajstić information content (AvgIpc) is 2.81. The largest absolute Gasteiger partial charge is 0.344 e. The van der Waals surface area contributed by atoms with Gasteiger partial charge in [-0.3, -0.25) is 4.57 Å². The van der Waals surface area contributed by atoms with E-state index < -0.39 is 6.55 Å². The SMILES string of the molecule is Cc1cn(Cc2nccn2C(F)F)c(C)c1C. The lowest BCUT2D eigenvalue weighted by molar-refractivity contribution is 0.0667. The van der Waals surface area contributed by atoms with Gasteiger partial charge in [-0.2, -0.15) is 8.78 Å². The molecule has 2 aromatic heterocycles. The third-order valence-electron chi connectivity index (χ3n) is 3.19. The Morgan fingerprint density at radius 2 is 2.00 bits per heavy atom. The van der Waals surface area contributed by atoms with Gasteiger partial charge in [0.25, 0.3) is 0 Å². The molecule has 2 heterocycles. The third-order valence-corrected chi connectivity index (χ3v) is 3.19. The van der Waals surface area contributed by atoms with Crippen LogP contribution >= 0.6 is 0 Å². The summed E-state index contributed by atoms with van der Waals surface area (Å²) in [5.74, 6) is 0.373. The average molecular weight is 239 g/mol. The molecular weight excluding hydrogens is 224 g/mol. The molecule has 2 rings (SSSR count). The van der Waals surface area contributed by atoms with Gasteiger partial charge in [0.2, 0.25) is 0 Å². The van der Waals surface area contributed by atoms with Crippen LogP contribution in [-0.4, -0.2) is 14.1 Å². The first-order chi connectivity index (χ1) is 8.00. The van der Waals surface area contributed by atoms with Crippen LogP contribution in [0, 0.1) is 20.8 Å². The maximum Gasteiger partial charge on any atom is 0.319 e. The molecule has 92 valence electrons. The molecule has 17 heavy (non-hydrogen) atoms. The van der Waals surface area contributed by atoms with Crippen LogP contribution in [0.25, 0.3) is 0 Å². The molecule has 5 heteroatoms. The van der Waals surface area contributed by atoms with Crippen LogP contribution in [0.4, 0.5) is 8.78 Å². The highest BCUT2D eigenvalue weighted by molar-refractivity contribution is 5.29. The number of aromatic nitrogens is 3. The Labute approximate surface area is 98.7 Å². The van der Waals surface area contributed by atoms with Crippen LogP contribution in [-0.2, 0) is 6.54 Å². The second kappa shape index (κ2) is 4.31. The van der Waals surface area contributed by atoms with Crippen molar-refractivity contribution in [2.45, 2.75) is 33.9 Å². The predicted molar refractivity (Wildman–Crippen MR) is 61.2 cm³/mol. The zero-order valence-electron chi connectivity index (χ0n) is 10.1. The van der Waals surface area contributed by atoms with Gasteiger partial charge in [-0.05, 0) is 31.9 Å². The van der Waals surface area contributed by atoms with Crippen LogP contribution in [0.15, 0.2) is 18.6 Å². The van der Waals surface area contributed by atoms with E-state index in [9.17, 15) is 8.78 Å². The van der Waals surface area contributed by atoms with Gasteiger partial charge in [-0.15, -0.1) is 0 Å². The molecule has 0 N–H and O–H groups in total. The first-order valence-corrected chi connectivity index (χ1v) is 5.43. The van der Waals surface area contributed by atoms with Crippen molar-refractivity contribution < 1.29 is 8.78 Å². The van der Waals surface area contributed by atoms with E-state index in [1.54, 1.807) is 0 Å². The Hall–Kier alpha value is -1.65. The summed E-state index contributed by atoms with van der Waals surface area (Å²) in [7, 11) is 0. The molecule has 0 atom stereocenters. The summed E-state index contributed by atoms with van der Waals surface area (Å²) in [5, 5.41) is 0. The molecule has 0 aromatic carbocycles. The lowest BCUT2D eigenvalue weighted by Crippen LogP contribution is -2.09. The molecular formula is C12H15F2N3. The molecule has 0 unspecified atom stereocenters. The van der Waals surface area contributed by atoms with Crippen LogP contribution in [0.2, 0.25) is 0 Å². The smallest absolute Gasteiger partial charge is 0.319 e. The van der Waals surface area contributed by atoms with Crippen molar-refractivity contribution in [2.75, 3.05) is 0 Å². The van der Waals surface area contributed by atoms with E-state index in [4.69, 9.17) is 0 Å². The molecule has 0 aliphatic rings. The number of hydrogen-bond donors (Lipinski definition) is 0. The summed E-state index contributed by atoms with van der Waals surface area (Å²) >= 11 is 0. The predicted octanol–water partition coefficient (Wildman–Crippen LogP) is 3.05. The van der Waals surface area contributed by atoms with Crippen LogP contribution in [0.3, 0.4) is 0 Å². The summed E-state index contributed by atoms with van der Waals surface area (Å²) < 4.78 is 28.2. The van der Waals surface area contributed by atoms with Crippen molar-refractivity contribution in [2.24, 2.45) is 0 Å². The van der Waals surface area contributed by atoms with Gasteiger partial charge in [0.15, 0.2) is 0 Å². The molecule has 0 aliphatic carbocycles. The number of imidazole rings is 1. The van der Waals surface area contributed by atoms with Gasteiger partial charge in [0, 0.05) is 24.3 Å². The first-order valence-electron chi connectivity index (χ1n) is 5.43. The van der Waals surface area contributed by atoms with Gasteiger partial charge in [0.1, 0.15) is 5.82 Å². The highest BCUT2D eigenvalue weighted by atomic mass is 19.3. The standard InChI is InChI=1S/C12H15F2N3/c1-8-6-16(10(3)9(8)2)7-11-15-4-5-17(11)12(13)14/h4-6,12H,7H2,1-3H3. The zero-order chi connectivity index (χ0) is 12.6. The summed E-state index contributed by atoms with van der Waals surface area (Å²) in [6.07, 6.45) is 4.67. The van der Waals surface area contributed by atoms with E-state index in [1.807, 2.05) is 31.5 Å². The third kappa shape index (κ3) is 2.09. The highest BCUT2D eigenvalue weighted by Gasteiger charge is 2.13. The number of alkyl halides is 2. The van der Waals surface area contributed by atoms with E-state index in [0.29, 0.717) is 12.4 Å². The molecule has 0 saturated carbocycles. The lowest BCUT2D eigenvalue weighted by Gasteiger charge is -2.09. The quantitative estimate of drug-likeness (QED) is 0.807. The lowest BCUT2D eigenvalue weighted by atomic mass is 10.2. The molecule has 0 amide bonds. The minimum absolute atomic E-state index is 0.373. The monoisotopic (exact) mass is 239 g/mol. The minimum Gasteiger partial charge on any atom is -0.344 e. The Morgan fingerprint density at radius 1 is 1.29 bits per heavy atom. The van der Waals surface area contributed by atoms with Gasteiger partial charge in [-0.1, -0.05) is 0 Å². The number of nitrogens with zero attached hydrogens (tertiary/aromatic N) is 3. The molecule has 0 aliphatic heterocycles. The molecule has 0 spiro atoms. The van der Waals surface area contributed by atoms with Gasteiger partial charge < -0.3 is 4.57 Å². The van der Waals surface area contributed by atoms with Crippen LogP contribution in [0.1, 0.15) is 29.2 Å². The fourth-order valence-electron chi connectivity index (χ4n) is 1.89. The summed E-state index contributed by atoms with van der Waals surface area (Å²) in [6.45, 7) is 3.86. The van der Waals surface area contributed by atoms with Crippen molar-refractivity contribution in [3.05, 3.63) is 41.2 Å². The first kappa shape index (κ1) is 11.8. The van der Waals surface area contributed by atoms with Crippen molar-refractivity contribution in [3.8, 4) is 0 Å². The van der Waals surface area contributed by atoms with Crippen molar-refractivity contribution in [3.63, 3.8) is 0 Å². The van der Waals surface area contributed by atoms with Gasteiger partial charge >= 0.3 is 6.55 Å². The number of rotatable bonds is 3. The highest BCUT2D eigenvalue weighted by Crippen LogP contribution is 2.18. The second-order valence-corrected chi connectivity index (χ2v) is 4.18. The van der Waals surface area contributed by atoms with E-state index in [1.165, 1.54) is 18.0 Å². The zero-order valence-corrected chi connectivity index (χ0v) is 10.1. The normalized spacial score (nSPS) is 11.4. The molecule has 0 radical (unpaired) electrons. The maximum absolute atomic E-state index is 12.7. The Morgan fingerprint density at radius 3 is 2.53 bits per heavy atom. The molecule has 2 aromatic rings. The van der Waals surface area contributed by atoms with E-state index >= 15 is 0 Å². The van der Waals surface area contributed by atoms with E-state index in [0.717, 1.165) is 15.8 Å². The van der Waals surface area contributed by atoms with Crippen LogP contribution in [0.5, 0.6) is 0 Å². The minimum atomic E-state index is -2.54. The summed E-state index contributed by atoms with van der Waals surface area (Å²) in [4.78, 5) is 3.97. The number of hydrogen-bond acceptors (Lipinski definition) is 1. The topological polar surface area (TPSA) is 22.8 Å². The van der Waals surface area contributed by atoms with Gasteiger partial charge in [-0.25, -0.2) is 4.98 Å². The Balaban J connectivity index is 2.32. The Bertz CT molecular complexity index is 526.